The van der Waals surface area contributed by atoms with Crippen LogP contribution in [-0.2, 0) is 0 Å². The molecule has 2 aliphatic carbocycles. The minimum Gasteiger partial charge on any atom is -0.508 e. The van der Waals surface area contributed by atoms with Gasteiger partial charge in [-0.25, -0.2) is 14.8 Å². The first-order valence-corrected chi connectivity index (χ1v) is 10.6. The molecule has 5 rings (SSSR count). The van der Waals surface area contributed by atoms with Gasteiger partial charge in [0.15, 0.2) is 17.2 Å². The van der Waals surface area contributed by atoms with Gasteiger partial charge >= 0.3 is 5.69 Å². The first-order chi connectivity index (χ1) is 14.5. The van der Waals surface area contributed by atoms with Crippen molar-refractivity contribution in [2.24, 2.45) is 17.6 Å². The van der Waals surface area contributed by atoms with Crippen molar-refractivity contribution in [3.05, 3.63) is 40.4 Å². The molecule has 0 bridgehead atoms. The van der Waals surface area contributed by atoms with Gasteiger partial charge < -0.3 is 15.8 Å². The van der Waals surface area contributed by atoms with Crippen LogP contribution in [0.3, 0.4) is 0 Å². The molecular formula is C22H25N5O3. The van der Waals surface area contributed by atoms with Crippen molar-refractivity contribution in [1.29, 1.82) is 0 Å². The molecule has 2 aliphatic rings. The van der Waals surface area contributed by atoms with E-state index in [0.717, 1.165) is 19.3 Å². The largest absolute Gasteiger partial charge is 0.508 e. The number of aromatic hydroxyl groups is 1. The molecule has 1 aromatic carbocycles. The number of carbonyl (C=O) groups is 1. The number of H-pyrrole nitrogens is 1. The summed E-state index contributed by atoms with van der Waals surface area (Å²) in [5, 5.41) is 9.85. The zero-order chi connectivity index (χ0) is 20.8. The molecule has 8 nitrogen and oxygen atoms in total. The van der Waals surface area contributed by atoms with Gasteiger partial charge in [-0.15, -0.1) is 0 Å². The standard InChI is InChI=1S/C22H25N5O3/c23-19(29)17-18-21(26-20(24-17)13-7-3-8-14(28)11-13)27(22(30)25-18)16-10-4-6-12-5-1-2-9-15(12)16/h3,7-8,11-12,15-16,28H,1-2,4-6,9-10H2,(H2,23,29)(H,25,30). The SMILES string of the molecule is NC(=O)c1nc(-c2cccc(O)c2)nc2c1[nH]c(=O)n2C1CCCC2CCCCC21. The highest BCUT2D eigenvalue weighted by Gasteiger charge is 2.37. The van der Waals surface area contributed by atoms with E-state index in [2.05, 4.69) is 15.0 Å². The lowest BCUT2D eigenvalue weighted by molar-refractivity contribution is 0.0997. The third kappa shape index (κ3) is 3.07. The molecule has 8 heteroatoms. The van der Waals surface area contributed by atoms with Crippen LogP contribution < -0.4 is 11.4 Å². The van der Waals surface area contributed by atoms with E-state index in [4.69, 9.17) is 5.73 Å². The van der Waals surface area contributed by atoms with Gasteiger partial charge in [0.1, 0.15) is 11.3 Å². The van der Waals surface area contributed by atoms with Gasteiger partial charge in [0.05, 0.1) is 0 Å². The second kappa shape index (κ2) is 7.27. The van der Waals surface area contributed by atoms with Crippen LogP contribution in [0.1, 0.15) is 61.5 Å². The number of primary amides is 1. The highest BCUT2D eigenvalue weighted by molar-refractivity contribution is 6.01. The fraction of sp³-hybridized carbons (Fsp3) is 0.455. The molecule has 2 fully saturated rings. The number of nitrogens with two attached hydrogens (primary N) is 1. The van der Waals surface area contributed by atoms with Crippen LogP contribution in [0, 0.1) is 11.8 Å². The number of phenols is 1. The smallest absolute Gasteiger partial charge is 0.328 e. The van der Waals surface area contributed by atoms with Crippen molar-refractivity contribution in [2.45, 2.75) is 51.0 Å². The minimum absolute atomic E-state index is 0.00908. The maximum atomic E-state index is 13.0. The Morgan fingerprint density at radius 1 is 1.13 bits per heavy atom. The summed E-state index contributed by atoms with van der Waals surface area (Å²) < 4.78 is 1.73. The topological polar surface area (TPSA) is 127 Å². The Hall–Kier alpha value is -3.16. The number of aromatic amines is 1. The summed E-state index contributed by atoms with van der Waals surface area (Å²) in [6.07, 6.45) is 7.99. The van der Waals surface area contributed by atoms with Crippen LogP contribution in [0.2, 0.25) is 0 Å². The maximum Gasteiger partial charge on any atom is 0.328 e. The average Bonchev–Trinajstić information content (AvgIpc) is 3.08. The van der Waals surface area contributed by atoms with Crippen LogP contribution in [-0.4, -0.2) is 30.5 Å². The molecule has 2 heterocycles. The van der Waals surface area contributed by atoms with Gasteiger partial charge in [0.25, 0.3) is 5.91 Å². The summed E-state index contributed by atoms with van der Waals surface area (Å²) in [4.78, 5) is 36.9. The lowest BCUT2D eigenvalue weighted by atomic mass is 9.68. The Labute approximate surface area is 173 Å². The van der Waals surface area contributed by atoms with Gasteiger partial charge in [0.2, 0.25) is 0 Å². The average molecular weight is 407 g/mol. The quantitative estimate of drug-likeness (QED) is 0.615. The summed E-state index contributed by atoms with van der Waals surface area (Å²) in [6, 6.07) is 6.56. The molecule has 3 aromatic rings. The number of hydrogen-bond acceptors (Lipinski definition) is 5. The number of amides is 1. The molecule has 30 heavy (non-hydrogen) atoms. The predicted molar refractivity (Wildman–Crippen MR) is 112 cm³/mol. The second-order valence-electron chi connectivity index (χ2n) is 8.52. The molecule has 4 N–H and O–H groups in total. The first-order valence-electron chi connectivity index (χ1n) is 10.6. The number of benzene rings is 1. The highest BCUT2D eigenvalue weighted by Crippen LogP contribution is 2.46. The van der Waals surface area contributed by atoms with E-state index in [1.807, 2.05) is 0 Å². The summed E-state index contributed by atoms with van der Waals surface area (Å²) in [6.45, 7) is 0. The highest BCUT2D eigenvalue weighted by atomic mass is 16.3. The van der Waals surface area contributed by atoms with E-state index in [1.165, 1.54) is 31.7 Å². The van der Waals surface area contributed by atoms with E-state index in [9.17, 15) is 14.7 Å². The minimum atomic E-state index is -0.726. The number of imidazole rings is 1. The zero-order valence-electron chi connectivity index (χ0n) is 16.7. The lowest BCUT2D eigenvalue weighted by Crippen LogP contribution is -2.36. The molecule has 0 saturated heterocycles. The van der Waals surface area contributed by atoms with Crippen molar-refractivity contribution >= 4 is 17.1 Å². The number of hydrogen-bond donors (Lipinski definition) is 3. The van der Waals surface area contributed by atoms with E-state index in [-0.39, 0.29) is 34.5 Å². The Kier molecular flexibility index (Phi) is 4.56. The molecule has 3 atom stereocenters. The maximum absolute atomic E-state index is 13.0. The molecular weight excluding hydrogens is 382 g/mol. The van der Waals surface area contributed by atoms with Gasteiger partial charge in [0, 0.05) is 11.6 Å². The first kappa shape index (κ1) is 18.8. The Morgan fingerprint density at radius 2 is 1.93 bits per heavy atom. The summed E-state index contributed by atoms with van der Waals surface area (Å²) in [5.74, 6) is 0.686. The third-order valence-electron chi connectivity index (χ3n) is 6.78. The fourth-order valence-electron chi connectivity index (χ4n) is 5.49. The lowest BCUT2D eigenvalue weighted by Gasteiger charge is -2.41. The fourth-order valence-corrected chi connectivity index (χ4v) is 5.49. The molecule has 2 aromatic heterocycles. The number of carbonyl (C=O) groups excluding carboxylic acids is 1. The molecule has 0 radical (unpaired) electrons. The molecule has 3 unspecified atom stereocenters. The normalized spacial score (nSPS) is 23.9. The van der Waals surface area contributed by atoms with Crippen LogP contribution in [0.15, 0.2) is 29.1 Å². The van der Waals surface area contributed by atoms with Crippen LogP contribution in [0.25, 0.3) is 22.6 Å². The van der Waals surface area contributed by atoms with Crippen LogP contribution >= 0.6 is 0 Å². The number of nitrogens with one attached hydrogen (secondary N) is 1. The predicted octanol–water partition coefficient (Wildman–Crippen LogP) is 3.12. The Bertz CT molecular complexity index is 1180. The van der Waals surface area contributed by atoms with Crippen molar-refractivity contribution < 1.29 is 9.90 Å². The molecule has 0 spiro atoms. The Balaban J connectivity index is 1.72. The van der Waals surface area contributed by atoms with Crippen molar-refractivity contribution in [1.82, 2.24) is 19.5 Å². The number of nitrogens with zero attached hydrogens (tertiary/aromatic N) is 3. The number of phenolic OH excluding ortho intramolecular Hbond substituents is 1. The number of aromatic nitrogens is 4. The van der Waals surface area contributed by atoms with E-state index < -0.39 is 5.91 Å². The molecule has 156 valence electrons. The van der Waals surface area contributed by atoms with Crippen molar-refractivity contribution in [3.63, 3.8) is 0 Å². The van der Waals surface area contributed by atoms with E-state index in [0.29, 0.717) is 23.0 Å². The molecule has 0 aliphatic heterocycles. The third-order valence-corrected chi connectivity index (χ3v) is 6.78. The summed E-state index contributed by atoms with van der Waals surface area (Å²) >= 11 is 0. The van der Waals surface area contributed by atoms with Gasteiger partial charge in [-0.05, 0) is 36.8 Å². The summed E-state index contributed by atoms with van der Waals surface area (Å²) in [7, 11) is 0. The Morgan fingerprint density at radius 3 is 2.73 bits per heavy atom. The van der Waals surface area contributed by atoms with E-state index >= 15 is 0 Å². The van der Waals surface area contributed by atoms with Gasteiger partial charge in [-0.3, -0.25) is 9.36 Å². The van der Waals surface area contributed by atoms with Gasteiger partial charge in [-0.1, -0.05) is 44.2 Å². The number of fused-ring (bicyclic) bond motifs is 2. The monoisotopic (exact) mass is 407 g/mol. The summed E-state index contributed by atoms with van der Waals surface area (Å²) in [5.41, 5.74) is 6.57. The van der Waals surface area contributed by atoms with Crippen molar-refractivity contribution in [3.8, 4) is 17.1 Å². The zero-order valence-corrected chi connectivity index (χ0v) is 16.7. The molecule has 2 saturated carbocycles. The number of rotatable bonds is 3. The van der Waals surface area contributed by atoms with Gasteiger partial charge in [-0.2, -0.15) is 0 Å². The molecule has 1 amide bonds. The van der Waals surface area contributed by atoms with E-state index in [1.54, 1.807) is 22.8 Å². The van der Waals surface area contributed by atoms with Crippen LogP contribution in [0.4, 0.5) is 0 Å². The second-order valence-corrected chi connectivity index (χ2v) is 8.52. The van der Waals surface area contributed by atoms with Crippen molar-refractivity contribution in [2.75, 3.05) is 0 Å². The van der Waals surface area contributed by atoms with Crippen LogP contribution in [0.5, 0.6) is 5.75 Å².